The Morgan fingerprint density at radius 3 is 2.14 bits per heavy atom. The molecule has 1 fully saturated rings. The summed E-state index contributed by atoms with van der Waals surface area (Å²) in [5, 5.41) is 9.04. The van der Waals surface area contributed by atoms with Crippen molar-refractivity contribution in [2.45, 2.75) is 12.8 Å². The number of rotatable bonds is 4. The maximum Gasteiger partial charge on any atom is 0.335 e. The van der Waals surface area contributed by atoms with Crippen LogP contribution < -0.4 is 4.90 Å². The zero-order valence-electron chi connectivity index (χ0n) is 15.7. The minimum Gasteiger partial charge on any atom is -0.478 e. The molecule has 1 aliphatic rings. The highest BCUT2D eigenvalue weighted by atomic mass is 16.4. The van der Waals surface area contributed by atoms with Gasteiger partial charge in [-0.2, -0.15) is 0 Å². The Kier molecular flexibility index (Phi) is 5.24. The number of hydrogen-bond donors (Lipinski definition) is 1. The van der Waals surface area contributed by atoms with Crippen molar-refractivity contribution in [3.8, 4) is 11.1 Å². The molecule has 0 radical (unpaired) electrons. The van der Waals surface area contributed by atoms with Crippen LogP contribution in [-0.4, -0.2) is 24.2 Å². The van der Waals surface area contributed by atoms with Gasteiger partial charge in [-0.1, -0.05) is 66.2 Å². The van der Waals surface area contributed by atoms with Crippen LogP contribution in [0.4, 0.5) is 5.69 Å². The largest absolute Gasteiger partial charge is 0.478 e. The standard InChI is InChI=1S/C25H23NO2/c27-25(28)21-10-12-23(13-11-21)26-16-14-19(15-17-26)18-22-8-4-5-9-24(22)20-6-2-1-3-7-20/h1-13,18H,14-17H2,(H,27,28). The van der Waals surface area contributed by atoms with Gasteiger partial charge in [0.15, 0.2) is 0 Å². The normalized spacial score (nSPS) is 14.0. The van der Waals surface area contributed by atoms with Crippen molar-refractivity contribution < 1.29 is 9.90 Å². The topological polar surface area (TPSA) is 40.5 Å². The van der Waals surface area contributed by atoms with Crippen molar-refractivity contribution in [1.29, 1.82) is 0 Å². The number of piperidine rings is 1. The summed E-state index contributed by atoms with van der Waals surface area (Å²) in [6.07, 6.45) is 4.38. The quantitative estimate of drug-likeness (QED) is 0.638. The second-order valence-corrected chi connectivity index (χ2v) is 7.09. The van der Waals surface area contributed by atoms with Crippen LogP contribution in [-0.2, 0) is 0 Å². The number of carboxylic acid groups (broad SMARTS) is 1. The third-order valence-electron chi connectivity index (χ3n) is 5.29. The fourth-order valence-corrected chi connectivity index (χ4v) is 3.73. The maximum absolute atomic E-state index is 11.0. The van der Waals surface area contributed by atoms with E-state index in [2.05, 4.69) is 59.5 Å². The van der Waals surface area contributed by atoms with E-state index < -0.39 is 5.97 Å². The van der Waals surface area contributed by atoms with Gasteiger partial charge in [-0.05, 0) is 53.8 Å². The van der Waals surface area contributed by atoms with E-state index in [0.717, 1.165) is 31.6 Å². The lowest BCUT2D eigenvalue weighted by atomic mass is 9.95. The van der Waals surface area contributed by atoms with Crippen molar-refractivity contribution >= 4 is 17.7 Å². The van der Waals surface area contributed by atoms with Crippen LogP contribution in [0.2, 0.25) is 0 Å². The average molecular weight is 369 g/mol. The molecular formula is C25H23NO2. The molecule has 140 valence electrons. The Morgan fingerprint density at radius 1 is 0.821 bits per heavy atom. The van der Waals surface area contributed by atoms with E-state index in [9.17, 15) is 4.79 Å². The van der Waals surface area contributed by atoms with Gasteiger partial charge in [-0.25, -0.2) is 4.79 Å². The van der Waals surface area contributed by atoms with Gasteiger partial charge in [0.1, 0.15) is 0 Å². The van der Waals surface area contributed by atoms with Crippen LogP contribution in [0.5, 0.6) is 0 Å². The van der Waals surface area contributed by atoms with Gasteiger partial charge in [0, 0.05) is 18.8 Å². The summed E-state index contributed by atoms with van der Waals surface area (Å²) in [4.78, 5) is 13.3. The van der Waals surface area contributed by atoms with Crippen LogP contribution in [0.3, 0.4) is 0 Å². The van der Waals surface area contributed by atoms with E-state index in [1.165, 1.54) is 22.3 Å². The van der Waals surface area contributed by atoms with E-state index in [4.69, 9.17) is 5.11 Å². The zero-order chi connectivity index (χ0) is 19.3. The lowest BCUT2D eigenvalue weighted by Crippen LogP contribution is -2.30. The van der Waals surface area contributed by atoms with Crippen molar-refractivity contribution in [2.24, 2.45) is 0 Å². The number of hydrogen-bond acceptors (Lipinski definition) is 2. The molecule has 0 unspecified atom stereocenters. The van der Waals surface area contributed by atoms with E-state index in [1.54, 1.807) is 12.1 Å². The zero-order valence-corrected chi connectivity index (χ0v) is 15.7. The third-order valence-corrected chi connectivity index (χ3v) is 5.29. The van der Waals surface area contributed by atoms with Crippen LogP contribution in [0.15, 0.2) is 84.4 Å². The molecule has 3 nitrogen and oxygen atoms in total. The molecule has 0 saturated carbocycles. The Balaban J connectivity index is 1.49. The van der Waals surface area contributed by atoms with Gasteiger partial charge in [0.05, 0.1) is 5.56 Å². The Morgan fingerprint density at radius 2 is 1.46 bits per heavy atom. The monoisotopic (exact) mass is 369 g/mol. The molecule has 1 aliphatic heterocycles. The molecule has 1 heterocycles. The van der Waals surface area contributed by atoms with Gasteiger partial charge in [0.2, 0.25) is 0 Å². The van der Waals surface area contributed by atoms with Crippen molar-refractivity contribution in [2.75, 3.05) is 18.0 Å². The molecule has 3 aromatic carbocycles. The molecule has 1 N–H and O–H groups in total. The molecular weight excluding hydrogens is 346 g/mol. The van der Waals surface area contributed by atoms with Gasteiger partial charge in [-0.15, -0.1) is 0 Å². The Hall–Kier alpha value is -3.33. The first-order chi connectivity index (χ1) is 13.7. The number of carboxylic acids is 1. The van der Waals surface area contributed by atoms with E-state index in [0.29, 0.717) is 5.56 Å². The van der Waals surface area contributed by atoms with E-state index in [-0.39, 0.29) is 0 Å². The summed E-state index contributed by atoms with van der Waals surface area (Å²) in [6, 6.07) is 26.2. The molecule has 0 amide bonds. The minimum atomic E-state index is -0.882. The lowest BCUT2D eigenvalue weighted by Gasteiger charge is -2.30. The molecule has 28 heavy (non-hydrogen) atoms. The number of benzene rings is 3. The summed E-state index contributed by atoms with van der Waals surface area (Å²) in [5.41, 5.74) is 6.66. The first kappa shape index (κ1) is 18.1. The van der Waals surface area contributed by atoms with Crippen LogP contribution >= 0.6 is 0 Å². The molecule has 0 aromatic heterocycles. The minimum absolute atomic E-state index is 0.332. The molecule has 0 aliphatic carbocycles. The first-order valence-corrected chi connectivity index (χ1v) is 9.63. The SMILES string of the molecule is O=C(O)c1ccc(N2CCC(=Cc3ccccc3-c3ccccc3)CC2)cc1. The molecule has 4 rings (SSSR count). The maximum atomic E-state index is 11.0. The summed E-state index contributed by atoms with van der Waals surface area (Å²) >= 11 is 0. The fourth-order valence-electron chi connectivity index (χ4n) is 3.73. The second-order valence-electron chi connectivity index (χ2n) is 7.09. The summed E-state index contributed by atoms with van der Waals surface area (Å²) in [7, 11) is 0. The molecule has 1 saturated heterocycles. The lowest BCUT2D eigenvalue weighted by molar-refractivity contribution is 0.0697. The predicted octanol–water partition coefficient (Wildman–Crippen LogP) is 5.74. The molecule has 0 spiro atoms. The molecule has 3 aromatic rings. The summed E-state index contributed by atoms with van der Waals surface area (Å²) in [6.45, 7) is 1.90. The third kappa shape index (κ3) is 3.99. The second kappa shape index (κ2) is 8.13. The van der Waals surface area contributed by atoms with Gasteiger partial charge in [0.25, 0.3) is 0 Å². The highest BCUT2D eigenvalue weighted by molar-refractivity contribution is 5.88. The van der Waals surface area contributed by atoms with E-state index >= 15 is 0 Å². The average Bonchev–Trinajstić information content (AvgIpc) is 2.75. The van der Waals surface area contributed by atoms with E-state index in [1.807, 2.05) is 18.2 Å². The Bertz CT molecular complexity index is 981. The van der Waals surface area contributed by atoms with Crippen molar-refractivity contribution in [1.82, 2.24) is 0 Å². The summed E-state index contributed by atoms with van der Waals surface area (Å²) in [5.74, 6) is -0.882. The fraction of sp³-hybridized carbons (Fsp3) is 0.160. The van der Waals surface area contributed by atoms with Crippen LogP contribution in [0.1, 0.15) is 28.8 Å². The number of anilines is 1. The number of carbonyl (C=O) groups is 1. The van der Waals surface area contributed by atoms with Crippen LogP contribution in [0.25, 0.3) is 17.2 Å². The highest BCUT2D eigenvalue weighted by Gasteiger charge is 2.15. The number of nitrogens with zero attached hydrogens (tertiary/aromatic N) is 1. The van der Waals surface area contributed by atoms with Crippen molar-refractivity contribution in [3.05, 3.63) is 95.6 Å². The molecule has 3 heteroatoms. The van der Waals surface area contributed by atoms with Gasteiger partial charge < -0.3 is 10.0 Å². The molecule has 0 atom stereocenters. The molecule has 0 bridgehead atoms. The van der Waals surface area contributed by atoms with Crippen LogP contribution in [0, 0.1) is 0 Å². The smallest absolute Gasteiger partial charge is 0.335 e. The van der Waals surface area contributed by atoms with Gasteiger partial charge in [-0.3, -0.25) is 0 Å². The first-order valence-electron chi connectivity index (χ1n) is 9.63. The number of aromatic carboxylic acids is 1. The van der Waals surface area contributed by atoms with Gasteiger partial charge >= 0.3 is 5.97 Å². The Labute approximate surface area is 165 Å². The summed E-state index contributed by atoms with van der Waals surface area (Å²) < 4.78 is 0. The predicted molar refractivity (Wildman–Crippen MR) is 115 cm³/mol. The van der Waals surface area contributed by atoms with Crippen molar-refractivity contribution in [3.63, 3.8) is 0 Å². The highest BCUT2D eigenvalue weighted by Crippen LogP contribution is 2.29.